The maximum atomic E-state index is 13.2. The molecule has 0 aliphatic rings. The zero-order chi connectivity index (χ0) is 19.8. The molecule has 1 amide bonds. The number of carbonyl (C=O) groups is 2. The third-order valence-corrected chi connectivity index (χ3v) is 4.34. The molecule has 142 valence electrons. The molecule has 1 N–H and O–H groups in total. The van der Waals surface area contributed by atoms with E-state index in [1.165, 1.54) is 0 Å². The van der Waals surface area contributed by atoms with Crippen LogP contribution >= 0.6 is 0 Å². The summed E-state index contributed by atoms with van der Waals surface area (Å²) in [5.41, 5.74) is 2.49. The Hall–Kier alpha value is -3.47. The van der Waals surface area contributed by atoms with Crippen molar-refractivity contribution in [2.24, 2.45) is 0 Å². The first-order chi connectivity index (χ1) is 13.7. The second-order valence-electron chi connectivity index (χ2n) is 6.24. The van der Waals surface area contributed by atoms with Crippen LogP contribution < -0.4 is 5.32 Å². The summed E-state index contributed by atoms with van der Waals surface area (Å²) in [4.78, 5) is 29.7. The molecule has 0 bridgehead atoms. The van der Waals surface area contributed by atoms with Crippen molar-refractivity contribution in [1.82, 2.24) is 4.98 Å². The van der Waals surface area contributed by atoms with Crippen molar-refractivity contribution in [3.8, 4) is 0 Å². The quantitative estimate of drug-likeness (QED) is 0.629. The van der Waals surface area contributed by atoms with Crippen molar-refractivity contribution in [2.45, 2.75) is 19.3 Å². The summed E-state index contributed by atoms with van der Waals surface area (Å²) in [5.74, 6) is -1.10. The lowest BCUT2D eigenvalue weighted by Gasteiger charge is -2.18. The van der Waals surface area contributed by atoms with E-state index in [0.717, 1.165) is 11.3 Å². The summed E-state index contributed by atoms with van der Waals surface area (Å²) < 4.78 is 5.09. The van der Waals surface area contributed by atoms with Crippen LogP contribution in [0.5, 0.6) is 0 Å². The number of carbonyl (C=O) groups excluding carboxylic acids is 2. The number of hydrogen-bond acceptors (Lipinski definition) is 4. The molecule has 0 saturated carbocycles. The molecule has 1 heterocycles. The van der Waals surface area contributed by atoms with Crippen LogP contribution in [0.3, 0.4) is 0 Å². The van der Waals surface area contributed by atoms with Crippen molar-refractivity contribution < 1.29 is 14.3 Å². The van der Waals surface area contributed by atoms with Gasteiger partial charge in [0.25, 0.3) is 0 Å². The van der Waals surface area contributed by atoms with E-state index in [2.05, 4.69) is 10.3 Å². The lowest BCUT2D eigenvalue weighted by atomic mass is 9.93. The average molecular weight is 374 g/mol. The van der Waals surface area contributed by atoms with Gasteiger partial charge in [0.05, 0.1) is 23.8 Å². The molecular formula is C23H22N2O3. The monoisotopic (exact) mass is 374 g/mol. The largest absolute Gasteiger partial charge is 0.462 e. The molecular weight excluding hydrogens is 352 g/mol. The standard InChI is InChI=1S/C23H22N2O3/c1-2-28-23(27)19-13-6-7-14-21(19)25-22(26)20(17-10-4-3-5-11-17)16-18-12-8-9-15-24-18/h3-15,20H,2,16H2,1H3,(H,25,26). The van der Waals surface area contributed by atoms with Crippen LogP contribution in [0, 0.1) is 0 Å². The highest BCUT2D eigenvalue weighted by atomic mass is 16.5. The van der Waals surface area contributed by atoms with Gasteiger partial charge in [-0.05, 0) is 36.8 Å². The van der Waals surface area contributed by atoms with E-state index in [9.17, 15) is 9.59 Å². The van der Waals surface area contributed by atoms with Crippen LogP contribution in [0.1, 0.15) is 34.5 Å². The fourth-order valence-corrected chi connectivity index (χ4v) is 2.97. The smallest absolute Gasteiger partial charge is 0.340 e. The third-order valence-electron chi connectivity index (χ3n) is 4.34. The average Bonchev–Trinajstić information content (AvgIpc) is 2.74. The normalized spacial score (nSPS) is 11.5. The van der Waals surface area contributed by atoms with E-state index >= 15 is 0 Å². The lowest BCUT2D eigenvalue weighted by molar-refractivity contribution is -0.117. The van der Waals surface area contributed by atoms with Crippen molar-refractivity contribution in [3.63, 3.8) is 0 Å². The first-order valence-corrected chi connectivity index (χ1v) is 9.21. The number of aromatic nitrogens is 1. The van der Waals surface area contributed by atoms with Crippen LogP contribution in [0.2, 0.25) is 0 Å². The molecule has 1 atom stereocenters. The van der Waals surface area contributed by atoms with Gasteiger partial charge in [0.1, 0.15) is 0 Å². The number of nitrogens with zero attached hydrogens (tertiary/aromatic N) is 1. The predicted molar refractivity (Wildman–Crippen MR) is 108 cm³/mol. The number of anilines is 1. The minimum Gasteiger partial charge on any atom is -0.462 e. The van der Waals surface area contributed by atoms with Gasteiger partial charge in [-0.1, -0.05) is 48.5 Å². The van der Waals surface area contributed by atoms with Gasteiger partial charge in [-0.3, -0.25) is 9.78 Å². The lowest BCUT2D eigenvalue weighted by Crippen LogP contribution is -2.24. The molecule has 2 aromatic carbocycles. The van der Waals surface area contributed by atoms with Gasteiger partial charge in [0, 0.05) is 18.3 Å². The van der Waals surface area contributed by atoms with Crippen LogP contribution in [0.4, 0.5) is 5.69 Å². The highest BCUT2D eigenvalue weighted by molar-refractivity contribution is 6.03. The minimum atomic E-state index is -0.459. The Kier molecular flexibility index (Phi) is 6.52. The highest BCUT2D eigenvalue weighted by Gasteiger charge is 2.23. The Morgan fingerprint density at radius 1 is 0.964 bits per heavy atom. The zero-order valence-corrected chi connectivity index (χ0v) is 15.7. The van der Waals surface area contributed by atoms with E-state index in [-0.39, 0.29) is 12.5 Å². The summed E-state index contributed by atoms with van der Waals surface area (Å²) in [7, 11) is 0. The molecule has 0 fully saturated rings. The van der Waals surface area contributed by atoms with Gasteiger partial charge in [-0.25, -0.2) is 4.79 Å². The molecule has 3 aromatic rings. The number of hydrogen-bond donors (Lipinski definition) is 1. The number of pyridine rings is 1. The topological polar surface area (TPSA) is 68.3 Å². The first-order valence-electron chi connectivity index (χ1n) is 9.21. The van der Waals surface area contributed by atoms with Crippen molar-refractivity contribution in [3.05, 3.63) is 95.8 Å². The van der Waals surface area contributed by atoms with Crippen LogP contribution in [0.25, 0.3) is 0 Å². The molecule has 0 spiro atoms. The maximum absolute atomic E-state index is 13.2. The number of nitrogens with one attached hydrogen (secondary N) is 1. The number of rotatable bonds is 7. The van der Waals surface area contributed by atoms with Gasteiger partial charge in [0.2, 0.25) is 5.91 Å². The first kappa shape index (κ1) is 19.3. The fraction of sp³-hybridized carbons (Fsp3) is 0.174. The Balaban J connectivity index is 1.87. The fourth-order valence-electron chi connectivity index (χ4n) is 2.97. The van der Waals surface area contributed by atoms with E-state index in [0.29, 0.717) is 17.7 Å². The van der Waals surface area contributed by atoms with E-state index in [1.54, 1.807) is 37.4 Å². The molecule has 0 saturated heterocycles. The molecule has 0 aliphatic heterocycles. The summed E-state index contributed by atoms with van der Waals surface area (Å²) >= 11 is 0. The molecule has 5 heteroatoms. The Morgan fingerprint density at radius 3 is 2.39 bits per heavy atom. The van der Waals surface area contributed by atoms with Crippen LogP contribution in [-0.4, -0.2) is 23.5 Å². The Morgan fingerprint density at radius 2 is 1.68 bits per heavy atom. The SMILES string of the molecule is CCOC(=O)c1ccccc1NC(=O)C(Cc1ccccn1)c1ccccc1. The Labute approximate surface area is 164 Å². The molecule has 5 nitrogen and oxygen atoms in total. The van der Waals surface area contributed by atoms with Crippen LogP contribution in [0.15, 0.2) is 79.0 Å². The van der Waals surface area contributed by atoms with Gasteiger partial charge >= 0.3 is 5.97 Å². The number of para-hydroxylation sites is 1. The summed E-state index contributed by atoms with van der Waals surface area (Å²) in [6.45, 7) is 2.02. The van der Waals surface area contributed by atoms with E-state index in [4.69, 9.17) is 4.74 Å². The van der Waals surface area contributed by atoms with Crippen molar-refractivity contribution in [2.75, 3.05) is 11.9 Å². The second kappa shape index (κ2) is 9.46. The highest BCUT2D eigenvalue weighted by Crippen LogP contribution is 2.24. The molecule has 0 radical (unpaired) electrons. The maximum Gasteiger partial charge on any atom is 0.340 e. The second-order valence-corrected chi connectivity index (χ2v) is 6.24. The minimum absolute atomic E-state index is 0.200. The van der Waals surface area contributed by atoms with Crippen molar-refractivity contribution >= 4 is 17.6 Å². The van der Waals surface area contributed by atoms with Crippen molar-refractivity contribution in [1.29, 1.82) is 0 Å². The van der Waals surface area contributed by atoms with E-state index < -0.39 is 11.9 Å². The van der Waals surface area contributed by atoms with Gasteiger partial charge in [-0.15, -0.1) is 0 Å². The van der Waals surface area contributed by atoms with Gasteiger partial charge in [-0.2, -0.15) is 0 Å². The molecule has 1 aromatic heterocycles. The molecule has 1 unspecified atom stereocenters. The summed E-state index contributed by atoms with van der Waals surface area (Å²) in [5, 5.41) is 2.90. The molecule has 3 rings (SSSR count). The number of benzene rings is 2. The number of ether oxygens (including phenoxy) is 1. The van der Waals surface area contributed by atoms with Gasteiger partial charge < -0.3 is 10.1 Å². The summed E-state index contributed by atoms with van der Waals surface area (Å²) in [6.07, 6.45) is 2.17. The third kappa shape index (κ3) is 4.82. The molecule has 0 aliphatic carbocycles. The van der Waals surface area contributed by atoms with E-state index in [1.807, 2.05) is 48.5 Å². The van der Waals surface area contributed by atoms with Gasteiger partial charge in [0.15, 0.2) is 0 Å². The number of amides is 1. The molecule has 28 heavy (non-hydrogen) atoms. The Bertz CT molecular complexity index is 927. The predicted octanol–water partition coefficient (Wildman–Crippen LogP) is 4.22. The summed E-state index contributed by atoms with van der Waals surface area (Å²) in [6, 6.07) is 22.1. The zero-order valence-electron chi connectivity index (χ0n) is 15.7. The number of esters is 1. The van der Waals surface area contributed by atoms with Crippen LogP contribution in [-0.2, 0) is 16.0 Å².